The number of non-ortho nitro benzene ring substituents is 2. The monoisotopic (exact) mass is 471 g/mol. The summed E-state index contributed by atoms with van der Waals surface area (Å²) in [6.45, 7) is 1.99. The molecule has 34 heavy (non-hydrogen) atoms. The molecule has 7 nitrogen and oxygen atoms in total. The molecule has 0 radical (unpaired) electrons. The van der Waals surface area contributed by atoms with Gasteiger partial charge in [-0.1, -0.05) is 78.9 Å². The largest absolute Gasteiger partial charge is 0.289 e. The fourth-order valence-corrected chi connectivity index (χ4v) is 6.59. The smallest absolute Gasteiger partial charge is 0.276 e. The van der Waals surface area contributed by atoms with Gasteiger partial charge in [-0.3, -0.25) is 25.2 Å². The highest BCUT2D eigenvalue weighted by atomic mass is 31.1. The Labute approximate surface area is 198 Å². The molecule has 0 amide bonds. The molecule has 0 saturated carbocycles. The highest BCUT2D eigenvalue weighted by Crippen LogP contribution is 2.50. The molecular formula is C26H22N3O4P. The van der Waals surface area contributed by atoms with E-state index in [-0.39, 0.29) is 23.3 Å². The number of hydrogen-bond acceptors (Lipinski definition) is 5. The molecule has 0 heterocycles. The summed E-state index contributed by atoms with van der Waals surface area (Å²) in [6, 6.07) is 24.1. The van der Waals surface area contributed by atoms with Crippen LogP contribution in [0.5, 0.6) is 0 Å². The van der Waals surface area contributed by atoms with Crippen LogP contribution < -0.4 is 10.6 Å². The molecule has 4 rings (SSSR count). The average Bonchev–Trinajstić information content (AvgIpc) is 3.33. The van der Waals surface area contributed by atoms with Gasteiger partial charge in [0.1, 0.15) is 0 Å². The van der Waals surface area contributed by atoms with E-state index < -0.39 is 17.8 Å². The first-order valence-electron chi connectivity index (χ1n) is 10.7. The van der Waals surface area contributed by atoms with Gasteiger partial charge in [0.2, 0.25) is 0 Å². The van der Waals surface area contributed by atoms with E-state index >= 15 is 0 Å². The van der Waals surface area contributed by atoms with Crippen LogP contribution in [0, 0.1) is 26.1 Å². The molecule has 8 heteroatoms. The molecule has 1 unspecified atom stereocenters. The third-order valence-electron chi connectivity index (χ3n) is 5.54. The van der Waals surface area contributed by atoms with Crippen LogP contribution in [0.1, 0.15) is 12.5 Å². The molecule has 0 saturated heterocycles. The molecule has 3 aromatic carbocycles. The standard InChI is InChI=1S/C26H22N3O4P/c1-19(27-18-20-15-21(28(30)31)17-22(16-20)29(32)33)25-13-8-14-26(25)34(23-9-4-2-5-10-23)24-11-6-3-7-12-24/h2-19,25H,1H3/t19-,25?/m1/s1. The second-order valence-electron chi connectivity index (χ2n) is 7.82. The molecule has 0 aromatic heterocycles. The Balaban J connectivity index is 1.64. The van der Waals surface area contributed by atoms with Crippen molar-refractivity contribution in [3.05, 3.63) is 128 Å². The van der Waals surface area contributed by atoms with E-state index in [1.807, 2.05) is 49.4 Å². The highest BCUT2D eigenvalue weighted by molar-refractivity contribution is 7.76. The number of nitro benzene ring substituents is 2. The Morgan fingerprint density at radius 3 is 1.91 bits per heavy atom. The summed E-state index contributed by atoms with van der Waals surface area (Å²) in [5.74, 6) is 0.0384. The van der Waals surface area contributed by atoms with Gasteiger partial charge in [0.25, 0.3) is 11.4 Å². The minimum Gasteiger partial charge on any atom is -0.289 e. The van der Waals surface area contributed by atoms with Crippen LogP contribution >= 0.6 is 7.92 Å². The van der Waals surface area contributed by atoms with E-state index in [1.165, 1.54) is 34.3 Å². The minimum absolute atomic E-state index is 0.0384. The summed E-state index contributed by atoms with van der Waals surface area (Å²) in [7, 11) is -0.770. The topological polar surface area (TPSA) is 98.6 Å². The molecule has 2 atom stereocenters. The number of nitro groups is 2. The van der Waals surface area contributed by atoms with Gasteiger partial charge in [-0.05, 0) is 30.8 Å². The lowest BCUT2D eigenvalue weighted by Gasteiger charge is -2.27. The normalized spacial score (nSPS) is 16.1. The Morgan fingerprint density at radius 2 is 1.41 bits per heavy atom. The molecule has 0 aliphatic heterocycles. The van der Waals surface area contributed by atoms with Gasteiger partial charge in [0.05, 0.1) is 22.0 Å². The van der Waals surface area contributed by atoms with Gasteiger partial charge in [-0.15, -0.1) is 0 Å². The first-order valence-corrected chi connectivity index (χ1v) is 12.0. The first-order chi connectivity index (χ1) is 16.4. The van der Waals surface area contributed by atoms with E-state index in [1.54, 1.807) is 0 Å². The summed E-state index contributed by atoms with van der Waals surface area (Å²) < 4.78 is 0. The molecule has 170 valence electrons. The molecule has 0 fully saturated rings. The first kappa shape index (κ1) is 23.2. The summed E-state index contributed by atoms with van der Waals surface area (Å²) in [5, 5.41) is 26.1. The van der Waals surface area contributed by atoms with Crippen molar-refractivity contribution in [2.75, 3.05) is 0 Å². The maximum absolute atomic E-state index is 11.2. The highest BCUT2D eigenvalue weighted by Gasteiger charge is 2.29. The van der Waals surface area contributed by atoms with Crippen molar-refractivity contribution in [2.45, 2.75) is 13.0 Å². The van der Waals surface area contributed by atoms with Crippen molar-refractivity contribution in [2.24, 2.45) is 10.9 Å². The third-order valence-corrected chi connectivity index (χ3v) is 8.13. The fraction of sp³-hybridized carbons (Fsp3) is 0.115. The van der Waals surface area contributed by atoms with Crippen LogP contribution in [0.3, 0.4) is 0 Å². The fourth-order valence-electron chi connectivity index (χ4n) is 3.92. The van der Waals surface area contributed by atoms with Gasteiger partial charge >= 0.3 is 0 Å². The Hall–Kier alpha value is -3.96. The number of allylic oxidation sites excluding steroid dienone is 2. The van der Waals surface area contributed by atoms with Gasteiger partial charge in [-0.2, -0.15) is 0 Å². The van der Waals surface area contributed by atoms with Crippen molar-refractivity contribution >= 4 is 36.1 Å². The molecule has 3 aromatic rings. The van der Waals surface area contributed by atoms with E-state index in [0.717, 1.165) is 6.07 Å². The van der Waals surface area contributed by atoms with Gasteiger partial charge in [0, 0.05) is 29.8 Å². The summed E-state index contributed by atoms with van der Waals surface area (Å²) in [6.07, 6.45) is 7.81. The lowest BCUT2D eigenvalue weighted by Crippen LogP contribution is -2.20. The van der Waals surface area contributed by atoms with Crippen molar-refractivity contribution < 1.29 is 9.85 Å². The minimum atomic E-state index is -0.770. The summed E-state index contributed by atoms with van der Waals surface area (Å²) in [4.78, 5) is 25.7. The number of aliphatic imine (C=N–C) groups is 1. The molecule has 0 N–H and O–H groups in total. The quantitative estimate of drug-likeness (QED) is 0.187. The van der Waals surface area contributed by atoms with Crippen LogP contribution in [-0.2, 0) is 0 Å². The number of benzene rings is 3. The Bertz CT molecular complexity index is 1220. The maximum atomic E-state index is 11.2. The van der Waals surface area contributed by atoms with E-state index in [2.05, 4.69) is 41.4 Å². The van der Waals surface area contributed by atoms with E-state index in [9.17, 15) is 20.2 Å². The SMILES string of the molecule is C[C@@H](N=Cc1cc([N+](=O)[O-])cc([N+](=O)[O-])c1)C1C=CC=C1P(c1ccccc1)c1ccccc1. The lowest BCUT2D eigenvalue weighted by atomic mass is 10.0. The van der Waals surface area contributed by atoms with Crippen LogP contribution in [0.4, 0.5) is 11.4 Å². The second kappa shape index (κ2) is 10.3. The van der Waals surface area contributed by atoms with Crippen LogP contribution in [-0.4, -0.2) is 22.1 Å². The van der Waals surface area contributed by atoms with E-state index in [0.29, 0.717) is 5.56 Å². The van der Waals surface area contributed by atoms with Gasteiger partial charge in [0.15, 0.2) is 0 Å². The van der Waals surface area contributed by atoms with Crippen molar-refractivity contribution in [3.8, 4) is 0 Å². The van der Waals surface area contributed by atoms with Crippen LogP contribution in [0.15, 0.2) is 107 Å². The average molecular weight is 471 g/mol. The van der Waals surface area contributed by atoms with Gasteiger partial charge in [-0.25, -0.2) is 0 Å². The summed E-state index contributed by atoms with van der Waals surface area (Å²) >= 11 is 0. The molecule has 0 spiro atoms. The predicted octanol–water partition coefficient (Wildman–Crippen LogP) is 5.51. The lowest BCUT2D eigenvalue weighted by molar-refractivity contribution is -0.394. The van der Waals surface area contributed by atoms with Crippen molar-refractivity contribution in [1.82, 2.24) is 0 Å². The van der Waals surface area contributed by atoms with Crippen LogP contribution in [0.2, 0.25) is 0 Å². The third kappa shape index (κ3) is 5.16. The summed E-state index contributed by atoms with van der Waals surface area (Å²) in [5.41, 5.74) is -0.337. The zero-order valence-corrected chi connectivity index (χ0v) is 19.3. The second-order valence-corrected chi connectivity index (χ2v) is 10.0. The molecular weight excluding hydrogens is 449 g/mol. The molecule has 1 aliphatic rings. The number of rotatable bonds is 8. The van der Waals surface area contributed by atoms with Crippen molar-refractivity contribution in [1.29, 1.82) is 0 Å². The Morgan fingerprint density at radius 1 is 0.882 bits per heavy atom. The van der Waals surface area contributed by atoms with Crippen LogP contribution in [0.25, 0.3) is 0 Å². The van der Waals surface area contributed by atoms with Crippen molar-refractivity contribution in [3.63, 3.8) is 0 Å². The zero-order chi connectivity index (χ0) is 24.1. The maximum Gasteiger partial charge on any atom is 0.276 e. The Kier molecular flexibility index (Phi) is 7.04. The number of nitrogens with zero attached hydrogens (tertiary/aromatic N) is 3. The van der Waals surface area contributed by atoms with E-state index in [4.69, 9.17) is 0 Å². The molecule has 1 aliphatic carbocycles. The molecule has 0 bridgehead atoms. The number of hydrogen-bond donors (Lipinski definition) is 0. The van der Waals surface area contributed by atoms with Gasteiger partial charge < -0.3 is 0 Å². The zero-order valence-electron chi connectivity index (χ0n) is 18.4. The predicted molar refractivity (Wildman–Crippen MR) is 137 cm³/mol.